The van der Waals surface area contributed by atoms with Crippen molar-refractivity contribution in [1.82, 2.24) is 14.9 Å². The van der Waals surface area contributed by atoms with Crippen molar-refractivity contribution >= 4 is 22.0 Å². The molecule has 10 heteroatoms. The lowest BCUT2D eigenvalue weighted by Crippen LogP contribution is -3.19. The number of amides is 3. The Kier molecular flexibility index (Phi) is 6.90. The van der Waals surface area contributed by atoms with Crippen LogP contribution in [-0.2, 0) is 14.8 Å². The molecule has 8 nitrogen and oxygen atoms in total. The minimum Gasteiger partial charge on any atom is -0.336 e. The fourth-order valence-electron chi connectivity index (χ4n) is 2.91. The first-order chi connectivity index (χ1) is 12.6. The first-order valence-corrected chi connectivity index (χ1v) is 10.3. The van der Waals surface area contributed by atoms with Gasteiger partial charge in [-0.1, -0.05) is 0 Å². The highest BCUT2D eigenvalue weighted by atomic mass is 32.2. The number of halogens is 1. The van der Waals surface area contributed by atoms with Crippen LogP contribution in [0.3, 0.4) is 0 Å². The number of nitrogens with zero attached hydrogens (tertiary/aromatic N) is 1. The van der Waals surface area contributed by atoms with Crippen LogP contribution in [0.1, 0.15) is 20.8 Å². The lowest BCUT2D eigenvalue weighted by molar-refractivity contribution is -0.917. The Bertz CT molecular complexity index is 775. The van der Waals surface area contributed by atoms with E-state index in [1.165, 1.54) is 16.4 Å². The Hall–Kier alpha value is -2.04. The SMILES string of the molecule is CC(C)NC(=O)NC(=O)[C@H](C)[NH+]1CCN(S(=O)(=O)c2ccc(F)cc2)CC1. The van der Waals surface area contributed by atoms with E-state index >= 15 is 0 Å². The van der Waals surface area contributed by atoms with Crippen molar-refractivity contribution in [2.45, 2.75) is 37.8 Å². The summed E-state index contributed by atoms with van der Waals surface area (Å²) in [7, 11) is -3.69. The smallest absolute Gasteiger partial charge is 0.321 e. The van der Waals surface area contributed by atoms with Gasteiger partial charge in [-0.05, 0) is 45.0 Å². The summed E-state index contributed by atoms with van der Waals surface area (Å²) in [4.78, 5) is 24.8. The number of piperazine rings is 1. The minimum absolute atomic E-state index is 0.0449. The number of benzene rings is 1. The number of urea groups is 1. The van der Waals surface area contributed by atoms with Crippen molar-refractivity contribution in [3.8, 4) is 0 Å². The zero-order valence-corrected chi connectivity index (χ0v) is 16.5. The predicted molar refractivity (Wildman–Crippen MR) is 97.1 cm³/mol. The van der Waals surface area contributed by atoms with E-state index in [0.717, 1.165) is 17.0 Å². The minimum atomic E-state index is -3.69. The van der Waals surface area contributed by atoms with E-state index in [1.807, 2.05) is 0 Å². The van der Waals surface area contributed by atoms with Crippen LogP contribution in [0.25, 0.3) is 0 Å². The highest BCUT2D eigenvalue weighted by Gasteiger charge is 2.34. The second kappa shape index (κ2) is 8.77. The van der Waals surface area contributed by atoms with Crippen LogP contribution in [0.2, 0.25) is 0 Å². The van der Waals surface area contributed by atoms with Crippen LogP contribution in [0.15, 0.2) is 29.2 Å². The van der Waals surface area contributed by atoms with Crippen molar-refractivity contribution in [2.75, 3.05) is 26.2 Å². The topological polar surface area (TPSA) is 100 Å². The van der Waals surface area contributed by atoms with Gasteiger partial charge in [-0.2, -0.15) is 4.31 Å². The summed E-state index contributed by atoms with van der Waals surface area (Å²) in [6, 6.07) is 3.60. The standard InChI is InChI=1S/C17H25FN4O4S/c1-12(2)19-17(24)20-16(23)13(3)21-8-10-22(11-9-21)27(25,26)15-6-4-14(18)5-7-15/h4-7,12-13H,8-11H2,1-3H3,(H2,19,20,23,24)/p+1/t13-/m0/s1. The maximum atomic E-state index is 13.0. The molecule has 1 aliphatic rings. The van der Waals surface area contributed by atoms with Gasteiger partial charge in [0.2, 0.25) is 10.0 Å². The number of rotatable bonds is 5. The highest BCUT2D eigenvalue weighted by molar-refractivity contribution is 7.89. The molecule has 0 spiro atoms. The molecular weight excluding hydrogens is 375 g/mol. The van der Waals surface area contributed by atoms with Crippen LogP contribution in [-0.4, -0.2) is 62.9 Å². The van der Waals surface area contributed by atoms with E-state index in [1.54, 1.807) is 20.8 Å². The van der Waals surface area contributed by atoms with E-state index in [4.69, 9.17) is 0 Å². The molecule has 0 saturated carbocycles. The van der Waals surface area contributed by atoms with E-state index in [2.05, 4.69) is 10.6 Å². The molecule has 1 fully saturated rings. The third-order valence-electron chi connectivity index (χ3n) is 4.48. The van der Waals surface area contributed by atoms with Gasteiger partial charge in [-0.3, -0.25) is 10.1 Å². The van der Waals surface area contributed by atoms with Crippen molar-refractivity contribution in [2.24, 2.45) is 0 Å². The van der Waals surface area contributed by atoms with Crippen LogP contribution in [0.5, 0.6) is 0 Å². The monoisotopic (exact) mass is 401 g/mol. The molecule has 27 heavy (non-hydrogen) atoms. The fraction of sp³-hybridized carbons (Fsp3) is 0.529. The van der Waals surface area contributed by atoms with Gasteiger partial charge in [0.15, 0.2) is 6.04 Å². The molecule has 0 radical (unpaired) electrons. The number of carbonyl (C=O) groups excluding carboxylic acids is 2. The van der Waals surface area contributed by atoms with E-state index in [0.29, 0.717) is 13.1 Å². The van der Waals surface area contributed by atoms with Crippen molar-refractivity contribution in [3.05, 3.63) is 30.1 Å². The van der Waals surface area contributed by atoms with Crippen LogP contribution in [0, 0.1) is 5.82 Å². The molecule has 150 valence electrons. The summed E-state index contributed by atoms with van der Waals surface area (Å²) in [6.07, 6.45) is 0. The lowest BCUT2D eigenvalue weighted by Gasteiger charge is -2.34. The molecule has 1 aromatic carbocycles. The molecule has 1 aliphatic heterocycles. The second-order valence-electron chi connectivity index (χ2n) is 6.86. The summed E-state index contributed by atoms with van der Waals surface area (Å²) in [5, 5.41) is 4.89. The molecule has 1 saturated heterocycles. The van der Waals surface area contributed by atoms with Gasteiger partial charge in [0.1, 0.15) is 5.82 Å². The molecule has 1 aromatic rings. The Balaban J connectivity index is 1.93. The van der Waals surface area contributed by atoms with Crippen molar-refractivity contribution in [1.29, 1.82) is 0 Å². The average Bonchev–Trinajstić information content (AvgIpc) is 2.60. The maximum absolute atomic E-state index is 13.0. The van der Waals surface area contributed by atoms with E-state index in [-0.39, 0.29) is 24.0 Å². The Morgan fingerprint density at radius 1 is 1.11 bits per heavy atom. The Morgan fingerprint density at radius 3 is 2.19 bits per heavy atom. The van der Waals surface area contributed by atoms with E-state index < -0.39 is 33.8 Å². The molecule has 0 bridgehead atoms. The molecule has 1 heterocycles. The largest absolute Gasteiger partial charge is 0.336 e. The third kappa shape index (κ3) is 5.47. The molecule has 1 atom stereocenters. The summed E-state index contributed by atoms with van der Waals surface area (Å²) in [6.45, 7) is 6.63. The first kappa shape index (κ1) is 21.3. The molecule has 2 rings (SSSR count). The quantitative estimate of drug-likeness (QED) is 0.610. The molecule has 3 N–H and O–H groups in total. The Morgan fingerprint density at radius 2 is 1.67 bits per heavy atom. The molecular formula is C17H26FN4O4S+. The van der Waals surface area contributed by atoms with Crippen LogP contribution >= 0.6 is 0 Å². The van der Waals surface area contributed by atoms with Crippen molar-refractivity contribution < 1.29 is 27.3 Å². The number of quaternary nitrogens is 1. The summed E-state index contributed by atoms with van der Waals surface area (Å²) >= 11 is 0. The molecule has 0 unspecified atom stereocenters. The third-order valence-corrected chi connectivity index (χ3v) is 6.39. The zero-order valence-electron chi connectivity index (χ0n) is 15.7. The van der Waals surface area contributed by atoms with Gasteiger partial charge in [0.25, 0.3) is 5.91 Å². The first-order valence-electron chi connectivity index (χ1n) is 8.83. The Labute approximate surface area is 158 Å². The second-order valence-corrected chi connectivity index (χ2v) is 8.79. The van der Waals surface area contributed by atoms with Gasteiger partial charge < -0.3 is 10.2 Å². The van der Waals surface area contributed by atoms with Crippen molar-refractivity contribution in [3.63, 3.8) is 0 Å². The van der Waals surface area contributed by atoms with Gasteiger partial charge in [0.05, 0.1) is 31.1 Å². The summed E-state index contributed by atoms with van der Waals surface area (Å²) in [5.74, 6) is -0.900. The fourth-order valence-corrected chi connectivity index (χ4v) is 4.35. The number of sulfonamides is 1. The lowest BCUT2D eigenvalue weighted by atomic mass is 10.2. The summed E-state index contributed by atoms with van der Waals surface area (Å²) in [5.41, 5.74) is 0. The number of imide groups is 1. The van der Waals surface area contributed by atoms with Gasteiger partial charge >= 0.3 is 6.03 Å². The van der Waals surface area contributed by atoms with Gasteiger partial charge in [-0.15, -0.1) is 0 Å². The maximum Gasteiger partial charge on any atom is 0.321 e. The molecule has 3 amide bonds. The number of carbonyl (C=O) groups is 2. The molecule has 0 aromatic heterocycles. The normalized spacial score (nSPS) is 17.5. The van der Waals surface area contributed by atoms with Crippen LogP contribution in [0.4, 0.5) is 9.18 Å². The van der Waals surface area contributed by atoms with E-state index in [9.17, 15) is 22.4 Å². The van der Waals surface area contributed by atoms with Gasteiger partial charge in [-0.25, -0.2) is 17.6 Å². The zero-order chi connectivity index (χ0) is 20.2. The average molecular weight is 401 g/mol. The van der Waals surface area contributed by atoms with Crippen LogP contribution < -0.4 is 15.5 Å². The highest BCUT2D eigenvalue weighted by Crippen LogP contribution is 2.16. The van der Waals surface area contributed by atoms with Gasteiger partial charge in [0, 0.05) is 6.04 Å². The summed E-state index contributed by atoms with van der Waals surface area (Å²) < 4.78 is 39.6. The number of hydrogen-bond donors (Lipinski definition) is 3. The number of hydrogen-bond acceptors (Lipinski definition) is 4. The molecule has 0 aliphatic carbocycles. The predicted octanol–water partition coefficient (Wildman–Crippen LogP) is -0.662. The number of nitrogens with one attached hydrogen (secondary N) is 3.